The van der Waals surface area contributed by atoms with E-state index in [1.54, 1.807) is 0 Å². The lowest BCUT2D eigenvalue weighted by molar-refractivity contribution is 0.669. The zero-order valence-corrected chi connectivity index (χ0v) is 24.3. The van der Waals surface area contributed by atoms with Crippen LogP contribution in [0, 0.1) is 0 Å². The third-order valence-electron chi connectivity index (χ3n) is 8.14. The molecule has 0 aliphatic carbocycles. The van der Waals surface area contributed by atoms with Gasteiger partial charge in [0.15, 0.2) is 17.5 Å². The van der Waals surface area contributed by atoms with E-state index in [9.17, 15) is 0 Å². The van der Waals surface area contributed by atoms with Crippen molar-refractivity contribution in [2.75, 3.05) is 0 Å². The van der Waals surface area contributed by atoms with Crippen LogP contribution in [0.25, 0.3) is 87.4 Å². The summed E-state index contributed by atoms with van der Waals surface area (Å²) in [6.07, 6.45) is 0. The van der Waals surface area contributed by atoms with Crippen molar-refractivity contribution in [3.05, 3.63) is 140 Å². The Morgan fingerprint density at radius 2 is 1.02 bits per heavy atom. The van der Waals surface area contributed by atoms with Crippen LogP contribution in [0.3, 0.4) is 0 Å². The Labute approximate surface area is 256 Å². The highest BCUT2D eigenvalue weighted by molar-refractivity contribution is 7.25. The molecule has 0 spiro atoms. The van der Waals surface area contributed by atoms with Gasteiger partial charge >= 0.3 is 0 Å². The van der Waals surface area contributed by atoms with Crippen molar-refractivity contribution in [1.29, 1.82) is 0 Å². The monoisotopic (exact) mass is 581 g/mol. The molecule has 3 heterocycles. The van der Waals surface area contributed by atoms with Gasteiger partial charge in [0.05, 0.1) is 0 Å². The van der Waals surface area contributed by atoms with Gasteiger partial charge in [0.1, 0.15) is 11.2 Å². The van der Waals surface area contributed by atoms with E-state index in [0.29, 0.717) is 17.5 Å². The van der Waals surface area contributed by atoms with E-state index in [1.807, 2.05) is 90.2 Å². The number of aromatic nitrogens is 3. The van der Waals surface area contributed by atoms with Crippen molar-refractivity contribution < 1.29 is 4.42 Å². The fourth-order valence-corrected chi connectivity index (χ4v) is 7.12. The molecule has 9 aromatic rings. The average Bonchev–Trinajstić information content (AvgIpc) is 3.66. The molecule has 0 saturated carbocycles. The van der Waals surface area contributed by atoms with E-state index in [1.165, 1.54) is 20.2 Å². The minimum atomic E-state index is 0.623. The van der Waals surface area contributed by atoms with Crippen molar-refractivity contribution >= 4 is 53.4 Å². The van der Waals surface area contributed by atoms with Gasteiger partial charge in [0.2, 0.25) is 0 Å². The summed E-state index contributed by atoms with van der Waals surface area (Å²) in [6.45, 7) is 0. The molecule has 3 aromatic heterocycles. The molecule has 0 aliphatic rings. The van der Waals surface area contributed by atoms with E-state index in [4.69, 9.17) is 19.4 Å². The Hall–Kier alpha value is -5.65. The molecule has 0 atom stereocenters. The summed E-state index contributed by atoms with van der Waals surface area (Å²) >= 11 is 1.83. The van der Waals surface area contributed by atoms with Gasteiger partial charge in [-0.3, -0.25) is 0 Å². The van der Waals surface area contributed by atoms with Gasteiger partial charge in [-0.25, -0.2) is 15.0 Å². The minimum Gasteiger partial charge on any atom is -0.456 e. The molecule has 6 aromatic carbocycles. The first kappa shape index (κ1) is 24.9. The van der Waals surface area contributed by atoms with Crippen LogP contribution in [0.5, 0.6) is 0 Å². The van der Waals surface area contributed by atoms with E-state index >= 15 is 0 Å². The number of thiophene rings is 1. The van der Waals surface area contributed by atoms with Gasteiger partial charge in [-0.2, -0.15) is 0 Å². The number of hydrogen-bond acceptors (Lipinski definition) is 5. The molecular formula is C39H23N3OS. The largest absolute Gasteiger partial charge is 0.456 e. The first-order valence-corrected chi connectivity index (χ1v) is 15.3. The molecule has 0 aliphatic heterocycles. The van der Waals surface area contributed by atoms with Crippen molar-refractivity contribution in [3.63, 3.8) is 0 Å². The number of rotatable bonds is 4. The van der Waals surface area contributed by atoms with Crippen LogP contribution in [-0.2, 0) is 0 Å². The zero-order valence-electron chi connectivity index (χ0n) is 23.4. The van der Waals surface area contributed by atoms with Gasteiger partial charge < -0.3 is 4.42 Å². The standard InChI is InChI=1S/C39H23N3OS/c1-3-10-24(11-4-1)37-40-38(25-12-5-2-6-13-25)42-39(41-37)27-18-20-32-31(23-27)36-28(15-9-16-33(36)43-32)26-19-21-35-30(22-26)29-14-7-8-17-34(29)44-35/h1-23H. The summed E-state index contributed by atoms with van der Waals surface area (Å²) in [5.74, 6) is 1.91. The summed E-state index contributed by atoms with van der Waals surface area (Å²) < 4.78 is 8.98. The van der Waals surface area contributed by atoms with Gasteiger partial charge in [0, 0.05) is 47.6 Å². The highest BCUT2D eigenvalue weighted by atomic mass is 32.1. The number of benzene rings is 6. The van der Waals surface area contributed by atoms with Crippen molar-refractivity contribution in [2.45, 2.75) is 0 Å². The molecule has 0 N–H and O–H groups in total. The SMILES string of the molecule is c1ccc(-c2nc(-c3ccccc3)nc(-c3ccc4oc5cccc(-c6ccc7sc8ccccc8c7c6)c5c4c3)n2)cc1. The van der Waals surface area contributed by atoms with E-state index in [0.717, 1.165) is 49.8 Å². The predicted molar refractivity (Wildman–Crippen MR) is 182 cm³/mol. The molecule has 0 bridgehead atoms. The first-order chi connectivity index (χ1) is 21.8. The maximum atomic E-state index is 6.38. The third-order valence-corrected chi connectivity index (χ3v) is 9.29. The van der Waals surface area contributed by atoms with Crippen molar-refractivity contribution in [1.82, 2.24) is 15.0 Å². The number of hydrogen-bond donors (Lipinski definition) is 0. The second-order valence-corrected chi connectivity index (χ2v) is 11.9. The molecule has 44 heavy (non-hydrogen) atoms. The van der Waals surface area contributed by atoms with Crippen LogP contribution in [0.2, 0.25) is 0 Å². The predicted octanol–water partition coefficient (Wildman–Crippen LogP) is 10.8. The normalized spacial score (nSPS) is 11.6. The third kappa shape index (κ3) is 4.09. The fraction of sp³-hybridized carbons (Fsp3) is 0. The maximum Gasteiger partial charge on any atom is 0.164 e. The van der Waals surface area contributed by atoms with Crippen LogP contribution in [0.4, 0.5) is 0 Å². The molecule has 5 heteroatoms. The van der Waals surface area contributed by atoms with Gasteiger partial charge in [-0.1, -0.05) is 97.1 Å². The Balaban J connectivity index is 1.25. The average molecular weight is 582 g/mol. The Morgan fingerprint density at radius 3 is 1.77 bits per heavy atom. The first-order valence-electron chi connectivity index (χ1n) is 14.5. The quantitative estimate of drug-likeness (QED) is 0.207. The molecule has 0 fully saturated rings. The second-order valence-electron chi connectivity index (χ2n) is 10.8. The van der Waals surface area contributed by atoms with Crippen LogP contribution in [0.15, 0.2) is 144 Å². The van der Waals surface area contributed by atoms with Crippen molar-refractivity contribution in [2.24, 2.45) is 0 Å². The highest BCUT2D eigenvalue weighted by Gasteiger charge is 2.17. The van der Waals surface area contributed by atoms with Gasteiger partial charge in [0.25, 0.3) is 0 Å². The van der Waals surface area contributed by atoms with Gasteiger partial charge in [-0.05, 0) is 53.6 Å². The lowest BCUT2D eigenvalue weighted by Gasteiger charge is -2.09. The van der Waals surface area contributed by atoms with E-state index < -0.39 is 0 Å². The Bertz CT molecular complexity index is 2440. The molecule has 0 amide bonds. The second kappa shape index (κ2) is 9.97. The zero-order chi connectivity index (χ0) is 29.0. The fourth-order valence-electron chi connectivity index (χ4n) is 6.04. The summed E-state index contributed by atoms with van der Waals surface area (Å²) in [4.78, 5) is 14.8. The lowest BCUT2D eigenvalue weighted by atomic mass is 9.97. The number of fused-ring (bicyclic) bond motifs is 6. The lowest BCUT2D eigenvalue weighted by Crippen LogP contribution is -2.00. The molecule has 0 radical (unpaired) electrons. The van der Waals surface area contributed by atoms with Gasteiger partial charge in [-0.15, -0.1) is 11.3 Å². The highest BCUT2D eigenvalue weighted by Crippen LogP contribution is 2.41. The van der Waals surface area contributed by atoms with Crippen LogP contribution >= 0.6 is 11.3 Å². The number of nitrogens with zero attached hydrogens (tertiary/aromatic N) is 3. The Morgan fingerprint density at radius 1 is 0.409 bits per heavy atom. The van der Waals surface area contributed by atoms with E-state index in [-0.39, 0.29) is 0 Å². The summed E-state index contributed by atoms with van der Waals surface area (Å²) in [5.41, 5.74) is 6.79. The molecule has 9 rings (SSSR count). The molecule has 0 unspecified atom stereocenters. The molecule has 0 saturated heterocycles. The molecule has 4 nitrogen and oxygen atoms in total. The minimum absolute atomic E-state index is 0.623. The Kier molecular flexibility index (Phi) is 5.64. The molecular weight excluding hydrogens is 559 g/mol. The van der Waals surface area contributed by atoms with Crippen molar-refractivity contribution in [3.8, 4) is 45.3 Å². The van der Waals surface area contributed by atoms with Crippen LogP contribution < -0.4 is 0 Å². The maximum absolute atomic E-state index is 6.38. The summed E-state index contributed by atoms with van der Waals surface area (Å²) in [7, 11) is 0. The molecule has 206 valence electrons. The van der Waals surface area contributed by atoms with Crippen LogP contribution in [-0.4, -0.2) is 15.0 Å². The smallest absolute Gasteiger partial charge is 0.164 e. The van der Waals surface area contributed by atoms with Crippen LogP contribution in [0.1, 0.15) is 0 Å². The summed E-state index contributed by atoms with van der Waals surface area (Å²) in [5, 5.41) is 4.69. The topological polar surface area (TPSA) is 51.8 Å². The van der Waals surface area contributed by atoms with E-state index in [2.05, 4.69) is 60.7 Å². The number of furan rings is 1. The summed E-state index contributed by atoms with van der Waals surface area (Å²) in [6, 6.07) is 48.0.